The molecule has 1 aromatic rings. The fraction of sp³-hybridized carbons (Fsp3) is 0.500. The average Bonchev–Trinajstić information content (AvgIpc) is 2.27. The Morgan fingerprint density at radius 2 is 2.31 bits per heavy atom. The van der Waals surface area contributed by atoms with Gasteiger partial charge in [-0.2, -0.15) is 0 Å². The van der Waals surface area contributed by atoms with Crippen molar-refractivity contribution in [1.82, 2.24) is 0 Å². The van der Waals surface area contributed by atoms with Crippen molar-refractivity contribution in [3.63, 3.8) is 0 Å². The monoisotopic (exact) mass is 280 g/mol. The van der Waals surface area contributed by atoms with Gasteiger partial charge in [-0.05, 0) is 46.0 Å². The fourth-order valence-corrected chi connectivity index (χ4v) is 5.14. The van der Waals surface area contributed by atoms with Crippen molar-refractivity contribution >= 4 is 41.3 Å². The van der Waals surface area contributed by atoms with E-state index >= 15 is 0 Å². The molecule has 0 saturated carbocycles. The second-order valence-corrected chi connectivity index (χ2v) is 6.70. The molecule has 5 heteroatoms. The van der Waals surface area contributed by atoms with E-state index in [1.807, 2.05) is 0 Å². The topological polar surface area (TPSA) is 30.2 Å². The van der Waals surface area contributed by atoms with Crippen molar-refractivity contribution < 1.29 is 9.21 Å². The normalized spacial score (nSPS) is 10.5. The van der Waals surface area contributed by atoms with Gasteiger partial charge in [0, 0.05) is 0 Å². The van der Waals surface area contributed by atoms with Gasteiger partial charge in [0.05, 0.1) is 0 Å². The van der Waals surface area contributed by atoms with Crippen LogP contribution in [0.25, 0.3) is 0 Å². The number of hydrogen-bond acceptors (Lipinski definition) is 2. The molecule has 0 radical (unpaired) electrons. The Labute approximate surface area is 91.9 Å². The first-order chi connectivity index (χ1) is 6.07. The van der Waals surface area contributed by atoms with Crippen LogP contribution in [0.1, 0.15) is 30.2 Å². The quantitative estimate of drug-likeness (QED) is 0.796. The smallest absolute Gasteiger partial charge is 0.196 e. The first-order valence-corrected chi connectivity index (χ1v) is 6.72. The molecule has 13 heavy (non-hydrogen) atoms. The number of carbonyl (C=O) groups excluding carboxylic acids is 1. The summed E-state index contributed by atoms with van der Waals surface area (Å²) in [4.78, 5) is 11.7. The molecule has 0 unspecified atom stereocenters. The molecule has 0 amide bonds. The Bertz CT molecular complexity index is 335. The Hall–Kier alpha value is 0.0669. The van der Waals surface area contributed by atoms with Crippen LogP contribution in [0.3, 0.4) is 0 Å². The number of hydrogen-bond donors (Lipinski definition) is 0. The van der Waals surface area contributed by atoms with Crippen molar-refractivity contribution in [1.29, 1.82) is 0 Å². The number of halogens is 2. The third-order valence-corrected chi connectivity index (χ3v) is 5.70. The predicted molar refractivity (Wildman–Crippen MR) is 57.7 cm³/mol. The molecule has 0 bridgehead atoms. The lowest BCUT2D eigenvalue weighted by Crippen LogP contribution is -2.11. The lowest BCUT2D eigenvalue weighted by atomic mass is 10.3. The van der Waals surface area contributed by atoms with Gasteiger partial charge in [0.15, 0.2) is 17.9 Å². The van der Waals surface area contributed by atoms with E-state index in [1.54, 1.807) is 6.92 Å². The molecule has 0 atom stereocenters. The largest absolute Gasteiger partial charge is 0.443 e. The molecule has 0 aliphatic heterocycles. The van der Waals surface area contributed by atoms with Gasteiger partial charge in [0.2, 0.25) is 0 Å². The van der Waals surface area contributed by atoms with E-state index in [9.17, 15) is 4.79 Å². The van der Waals surface area contributed by atoms with Crippen molar-refractivity contribution in [2.24, 2.45) is 0 Å². The van der Waals surface area contributed by atoms with Crippen molar-refractivity contribution in [2.75, 3.05) is 0 Å². The summed E-state index contributed by atoms with van der Waals surface area (Å²) < 4.78 is 5.86. The summed E-state index contributed by atoms with van der Waals surface area (Å²) in [5.74, 6) is 0. The van der Waals surface area contributed by atoms with Gasteiger partial charge in [-0.15, -0.1) is 0 Å². The zero-order valence-electron chi connectivity index (χ0n) is 7.49. The molecule has 2 nitrogen and oxygen atoms in total. The second-order valence-electron chi connectivity index (χ2n) is 2.81. The molecule has 1 rings (SSSR count). The molecule has 0 N–H and O–H groups in total. The highest BCUT2D eigenvalue weighted by molar-refractivity contribution is 9.10. The maximum Gasteiger partial charge on any atom is 0.196 e. The van der Waals surface area contributed by atoms with Crippen LogP contribution >= 0.6 is 27.5 Å². The van der Waals surface area contributed by atoms with E-state index in [-0.39, 0.29) is 5.41 Å². The molecule has 0 spiro atoms. The van der Waals surface area contributed by atoms with Crippen LogP contribution in [-0.4, -0.2) is 13.8 Å². The van der Waals surface area contributed by atoms with E-state index < -0.39 is 8.40 Å². The Balaban J connectivity index is 3.20. The minimum Gasteiger partial charge on any atom is -0.443 e. The Morgan fingerprint density at radius 3 is 2.77 bits per heavy atom. The molecule has 0 aliphatic carbocycles. The maximum atomic E-state index is 11.3. The van der Waals surface area contributed by atoms with E-state index in [4.69, 9.17) is 16.0 Å². The minimum atomic E-state index is -1.40. The standard InChI is InChI=1S/C8H10BrClO2Si/c1-3-4-6-7(9)12-8(10)13(6)5(2)11/h3-4H2,1-2H3. The zero-order chi connectivity index (χ0) is 10.0. The van der Waals surface area contributed by atoms with Crippen LogP contribution in [-0.2, 0) is 6.42 Å². The van der Waals surface area contributed by atoms with Gasteiger partial charge in [0.25, 0.3) is 0 Å². The van der Waals surface area contributed by atoms with Gasteiger partial charge >= 0.3 is 0 Å². The van der Waals surface area contributed by atoms with Gasteiger partial charge in [-0.1, -0.05) is 13.3 Å². The van der Waals surface area contributed by atoms with Crippen LogP contribution in [0.15, 0.2) is 9.09 Å². The third-order valence-electron chi connectivity index (χ3n) is 1.77. The lowest BCUT2D eigenvalue weighted by Gasteiger charge is -1.95. The van der Waals surface area contributed by atoms with E-state index in [2.05, 4.69) is 22.9 Å². The van der Waals surface area contributed by atoms with E-state index in [1.165, 1.54) is 0 Å². The molecule has 1 heterocycles. The summed E-state index contributed by atoms with van der Waals surface area (Å²) in [5.41, 5.74) is 0. The molecular weight excluding hydrogens is 272 g/mol. The first kappa shape index (κ1) is 11.1. The van der Waals surface area contributed by atoms with Crippen LogP contribution < -0.4 is 0 Å². The Kier molecular flexibility index (Phi) is 3.88. The van der Waals surface area contributed by atoms with Gasteiger partial charge < -0.3 is 9.21 Å². The predicted octanol–water partition coefficient (Wildman–Crippen LogP) is 3.33. The van der Waals surface area contributed by atoms with Gasteiger partial charge in [-0.3, -0.25) is 0 Å². The molecule has 0 fully saturated rings. The summed E-state index contributed by atoms with van der Waals surface area (Å²) in [7, 11) is -1.40. The van der Waals surface area contributed by atoms with Gasteiger partial charge in [0.1, 0.15) is 5.41 Å². The van der Waals surface area contributed by atoms with Crippen LogP contribution in [0.4, 0.5) is 0 Å². The van der Waals surface area contributed by atoms with Crippen LogP contribution in [0.5, 0.6) is 0 Å². The summed E-state index contributed by atoms with van der Waals surface area (Å²) in [6, 6.07) is 0. The second kappa shape index (κ2) is 4.53. The zero-order valence-corrected chi connectivity index (χ0v) is 10.8. The molecule has 0 aliphatic rings. The maximum absolute atomic E-state index is 11.3. The summed E-state index contributed by atoms with van der Waals surface area (Å²) in [5, 5.41) is 1.19. The molecule has 72 valence electrons. The molecule has 0 saturated heterocycles. The highest BCUT2D eigenvalue weighted by Crippen LogP contribution is 2.25. The number of carbonyl (C=O) groups is 1. The summed E-state index contributed by atoms with van der Waals surface area (Å²) in [6.07, 6.45) is 1.88. The third kappa shape index (κ3) is 2.30. The minimum absolute atomic E-state index is 0.132. The highest BCUT2D eigenvalue weighted by atomic mass is 79.9. The van der Waals surface area contributed by atoms with E-state index in [0.29, 0.717) is 9.50 Å². The lowest BCUT2D eigenvalue weighted by molar-refractivity contribution is 0.105. The molecule has 1 aromatic heterocycles. The Morgan fingerprint density at radius 1 is 1.69 bits per heavy atom. The van der Waals surface area contributed by atoms with E-state index in [0.717, 1.165) is 18.0 Å². The van der Waals surface area contributed by atoms with Crippen LogP contribution in [0.2, 0.25) is 4.83 Å². The fourth-order valence-electron chi connectivity index (χ4n) is 1.23. The number of rotatable bonds is 3. The summed E-state index contributed by atoms with van der Waals surface area (Å²) >= 11 is 9.13. The first-order valence-electron chi connectivity index (χ1n) is 4.05. The van der Waals surface area contributed by atoms with Crippen molar-refractivity contribution in [2.45, 2.75) is 26.7 Å². The van der Waals surface area contributed by atoms with Crippen molar-refractivity contribution in [3.05, 3.63) is 14.7 Å². The van der Waals surface area contributed by atoms with Crippen LogP contribution in [0, 0.1) is 0 Å². The highest BCUT2D eigenvalue weighted by Gasteiger charge is 2.21. The average molecular weight is 282 g/mol. The molecule has 0 aromatic carbocycles. The molecular formula is C8H10BrClO2Si. The summed E-state index contributed by atoms with van der Waals surface area (Å²) in [6.45, 7) is 3.64. The van der Waals surface area contributed by atoms with Gasteiger partial charge in [-0.25, -0.2) is 0 Å². The van der Waals surface area contributed by atoms with Crippen molar-refractivity contribution in [3.8, 4) is 0 Å². The SMILES string of the molecule is CCCc1c(Br)oc(Cl)[si]1C(C)=O.